The van der Waals surface area contributed by atoms with Gasteiger partial charge in [0.15, 0.2) is 5.67 Å². The van der Waals surface area contributed by atoms with Crippen LogP contribution in [0.4, 0.5) is 21.8 Å². The minimum Gasteiger partial charge on any atom is -0.495 e. The highest BCUT2D eigenvalue weighted by Crippen LogP contribution is 2.41. The molecule has 2 aliphatic heterocycles. The largest absolute Gasteiger partial charge is 0.495 e. The Bertz CT molecular complexity index is 2700. The maximum atomic E-state index is 15.2. The first kappa shape index (κ1) is 50.5. The van der Waals surface area contributed by atoms with Crippen LogP contribution in [0.15, 0.2) is 78.4 Å². The molecule has 5 aromatic rings. The second-order valence-corrected chi connectivity index (χ2v) is 21.3. The molecule has 3 aliphatic rings. The second-order valence-electron chi connectivity index (χ2n) is 18.4. The Morgan fingerprint density at radius 1 is 1.00 bits per heavy atom. The molecule has 1 aliphatic carbocycles. The van der Waals surface area contributed by atoms with Crippen molar-refractivity contribution in [2.45, 2.75) is 87.5 Å². The molecule has 3 atom stereocenters. The van der Waals surface area contributed by atoms with Gasteiger partial charge in [-0.05, 0) is 74.1 Å². The lowest BCUT2D eigenvalue weighted by Crippen LogP contribution is -2.61. The van der Waals surface area contributed by atoms with E-state index in [-0.39, 0.29) is 38.3 Å². The number of nitrogens with one attached hydrogen (secondary N) is 4. The molecule has 3 fully saturated rings. The molecule has 0 spiro atoms. The van der Waals surface area contributed by atoms with Crippen molar-refractivity contribution in [2.24, 2.45) is 0 Å². The summed E-state index contributed by atoms with van der Waals surface area (Å²) in [5.74, 6) is -0.152. The first-order valence-corrected chi connectivity index (χ1v) is 25.4. The standard InChI is InChI=1S/C50H58ClFN10O6S2/c1-30-41(69-29-56-30)34-12-10-31(11-13-34)24-54-44(64)39-23-36(63)27-62(39)46(66)42(58-47(67)50(52)16-17-50)49(2,3)70-28-33-8-6-32(7-9-33)26-60-18-20-61(21-19-60)45(65)35-14-15-38(40(22-35)68-5)57-48-55-25-37(51)43(53-4)59-48/h6-15,22,25,29,36,39,42,63H,16-21,23-24,26-28H2,1-5H3,(H,54,64)(H,58,67)(H2,53,55,57,59)/t36-,39?,42-/m1/s1. The Kier molecular flexibility index (Phi) is 15.6. The smallest absolute Gasteiger partial charge is 0.258 e. The molecule has 1 saturated carbocycles. The predicted molar refractivity (Wildman–Crippen MR) is 271 cm³/mol. The van der Waals surface area contributed by atoms with E-state index in [1.54, 1.807) is 42.1 Å². The first-order valence-electron chi connectivity index (χ1n) is 23.2. The number of aliphatic hydroxyl groups excluding tert-OH is 1. The summed E-state index contributed by atoms with van der Waals surface area (Å²) in [7, 11) is 3.25. The third-order valence-electron chi connectivity index (χ3n) is 13.0. The van der Waals surface area contributed by atoms with Gasteiger partial charge < -0.3 is 40.9 Å². The van der Waals surface area contributed by atoms with Crippen LogP contribution in [0, 0.1) is 6.92 Å². The highest BCUT2D eigenvalue weighted by molar-refractivity contribution is 7.99. The molecule has 2 saturated heterocycles. The van der Waals surface area contributed by atoms with Gasteiger partial charge >= 0.3 is 0 Å². The summed E-state index contributed by atoms with van der Waals surface area (Å²) in [6.07, 6.45) is 0.740. The number of alkyl halides is 1. The van der Waals surface area contributed by atoms with E-state index in [9.17, 15) is 24.3 Å². The van der Waals surface area contributed by atoms with Gasteiger partial charge in [-0.2, -0.15) is 4.98 Å². The Hall–Kier alpha value is -5.86. The van der Waals surface area contributed by atoms with Crippen molar-refractivity contribution in [3.63, 3.8) is 0 Å². The quantitative estimate of drug-likeness (QED) is 0.0632. The number of benzene rings is 3. The van der Waals surface area contributed by atoms with E-state index < -0.39 is 46.3 Å². The van der Waals surface area contributed by atoms with Crippen LogP contribution in [0.5, 0.6) is 5.75 Å². The number of thioether (sulfide) groups is 1. The van der Waals surface area contributed by atoms with Gasteiger partial charge in [0.05, 0.1) is 41.2 Å². The van der Waals surface area contributed by atoms with Crippen LogP contribution in [0.2, 0.25) is 5.02 Å². The van der Waals surface area contributed by atoms with Crippen LogP contribution in [-0.2, 0) is 33.2 Å². The SMILES string of the molecule is CNc1nc(Nc2ccc(C(=O)N3CCN(Cc4ccc(CSC(C)(C)[C@H](NC(=O)C5(F)CC5)C(=O)N5C[C@H](O)CC5C(=O)NCc5ccc(-c6scnc6C)cc5)cc4)CC3)cc2OC)ncc1Cl. The average Bonchev–Trinajstić information content (AvgIpc) is 3.77. The van der Waals surface area contributed by atoms with Gasteiger partial charge in [0.1, 0.15) is 28.7 Å². The summed E-state index contributed by atoms with van der Waals surface area (Å²) in [5, 5.41) is 22.9. The predicted octanol–water partition coefficient (Wildman–Crippen LogP) is 6.59. The molecular weight excluding hydrogens is 955 g/mol. The van der Waals surface area contributed by atoms with Crippen LogP contribution in [0.3, 0.4) is 0 Å². The van der Waals surface area contributed by atoms with E-state index in [1.165, 1.54) is 30.0 Å². The number of aryl methyl sites for hydroxylation is 1. The van der Waals surface area contributed by atoms with E-state index >= 15 is 4.39 Å². The molecule has 0 bridgehead atoms. The number of anilines is 3. The normalized spacial score (nSPS) is 18.2. The highest BCUT2D eigenvalue weighted by Gasteiger charge is 2.54. The van der Waals surface area contributed by atoms with Crippen LogP contribution >= 0.6 is 34.7 Å². The number of rotatable bonds is 18. The lowest BCUT2D eigenvalue weighted by Gasteiger charge is -2.37. The van der Waals surface area contributed by atoms with E-state index in [0.29, 0.717) is 72.3 Å². The summed E-state index contributed by atoms with van der Waals surface area (Å²) in [6.45, 7) is 8.93. The minimum atomic E-state index is -2.03. The summed E-state index contributed by atoms with van der Waals surface area (Å²) < 4.78 is 19.8. The van der Waals surface area contributed by atoms with E-state index in [2.05, 4.69) is 53.3 Å². The number of nitrogens with zero attached hydrogens (tertiary/aromatic N) is 6. The second kappa shape index (κ2) is 21.6. The number of likely N-dealkylation sites (tertiary alicyclic amines) is 1. The van der Waals surface area contributed by atoms with Crippen molar-refractivity contribution in [3.05, 3.63) is 111 Å². The number of β-amino-alcohol motifs (C(OH)–C–C–N with tert-alkyl or cyclic N) is 1. The van der Waals surface area contributed by atoms with Gasteiger partial charge in [-0.3, -0.25) is 24.1 Å². The summed E-state index contributed by atoms with van der Waals surface area (Å²) in [4.78, 5) is 74.5. The lowest BCUT2D eigenvalue weighted by molar-refractivity contribution is -0.143. The molecule has 1 unspecified atom stereocenters. The van der Waals surface area contributed by atoms with Crippen molar-refractivity contribution in [1.29, 1.82) is 0 Å². The number of piperazine rings is 1. The maximum Gasteiger partial charge on any atom is 0.258 e. The monoisotopic (exact) mass is 1010 g/mol. The zero-order valence-electron chi connectivity index (χ0n) is 39.8. The molecular formula is C50H58ClFN10O6S2. The fraction of sp³-hybridized carbons (Fsp3) is 0.420. The Labute approximate surface area is 420 Å². The third kappa shape index (κ3) is 11.8. The van der Waals surface area contributed by atoms with Gasteiger partial charge in [-0.15, -0.1) is 23.1 Å². The average molecular weight is 1010 g/mol. The van der Waals surface area contributed by atoms with Crippen molar-refractivity contribution >= 4 is 75.8 Å². The van der Waals surface area contributed by atoms with Gasteiger partial charge in [0.2, 0.25) is 17.8 Å². The molecule has 20 heteroatoms. The number of hydrogen-bond donors (Lipinski definition) is 5. The number of carbonyl (C=O) groups is 4. The van der Waals surface area contributed by atoms with Gasteiger partial charge in [0.25, 0.3) is 11.8 Å². The molecule has 4 amide bonds. The fourth-order valence-corrected chi connectivity index (χ4v) is 10.6. The van der Waals surface area contributed by atoms with Crippen LogP contribution < -0.4 is 26.0 Å². The zero-order chi connectivity index (χ0) is 49.7. The molecule has 2 aromatic heterocycles. The number of carbonyl (C=O) groups excluding carboxylic acids is 4. The van der Waals surface area contributed by atoms with E-state index in [0.717, 1.165) is 32.8 Å². The van der Waals surface area contributed by atoms with Crippen LogP contribution in [0.25, 0.3) is 10.4 Å². The van der Waals surface area contributed by atoms with Crippen molar-refractivity contribution in [3.8, 4) is 16.2 Å². The lowest BCUT2D eigenvalue weighted by atomic mass is 10.00. The molecule has 8 rings (SSSR count). The van der Waals surface area contributed by atoms with Gasteiger partial charge in [0, 0.05) is 75.3 Å². The molecule has 5 N–H and O–H groups in total. The number of methoxy groups -OCH3 is 1. The van der Waals surface area contributed by atoms with Gasteiger partial charge in [-0.1, -0.05) is 60.1 Å². The van der Waals surface area contributed by atoms with Crippen molar-refractivity contribution < 1.29 is 33.4 Å². The van der Waals surface area contributed by atoms with Crippen LogP contribution in [0.1, 0.15) is 65.9 Å². The summed E-state index contributed by atoms with van der Waals surface area (Å²) in [5.41, 5.74) is 5.81. The number of halogens is 2. The number of ether oxygens (including phenoxy) is 1. The Morgan fingerprint density at radius 2 is 1.70 bits per heavy atom. The van der Waals surface area contributed by atoms with Crippen LogP contribution in [-0.4, -0.2) is 134 Å². The number of amides is 4. The first-order chi connectivity index (χ1) is 33.5. The zero-order valence-corrected chi connectivity index (χ0v) is 42.1. The van der Waals surface area contributed by atoms with E-state index in [1.807, 2.05) is 62.1 Å². The molecule has 3 aromatic carbocycles. The Balaban J connectivity index is 0.844. The maximum absolute atomic E-state index is 15.2. The molecule has 16 nitrogen and oxygen atoms in total. The minimum absolute atomic E-state index is 0.0347. The third-order valence-corrected chi connectivity index (χ3v) is 15.7. The highest BCUT2D eigenvalue weighted by atomic mass is 35.5. The van der Waals surface area contributed by atoms with E-state index in [4.69, 9.17) is 16.3 Å². The molecule has 4 heterocycles. The molecule has 0 radical (unpaired) electrons. The molecule has 70 heavy (non-hydrogen) atoms. The number of thiazole rings is 1. The van der Waals surface area contributed by atoms with Gasteiger partial charge in [-0.25, -0.2) is 14.4 Å². The molecule has 370 valence electrons. The number of hydrogen-bond acceptors (Lipinski definition) is 14. The summed E-state index contributed by atoms with van der Waals surface area (Å²) in [6, 6.07) is 19.1. The summed E-state index contributed by atoms with van der Waals surface area (Å²) >= 11 is 9.13. The fourth-order valence-electron chi connectivity index (χ4n) is 8.56. The Morgan fingerprint density at radius 3 is 2.36 bits per heavy atom. The topological polar surface area (TPSA) is 194 Å². The van der Waals surface area contributed by atoms with Crippen molar-refractivity contribution in [2.75, 3.05) is 57.5 Å². The number of aromatic nitrogens is 3. The van der Waals surface area contributed by atoms with Crippen molar-refractivity contribution in [1.82, 2.24) is 40.3 Å². The number of aliphatic hydroxyl groups is 1.